The van der Waals surface area contributed by atoms with Crippen LogP contribution in [-0.2, 0) is 13.6 Å². The fourth-order valence-electron chi connectivity index (χ4n) is 1.77. The Bertz CT molecular complexity index is 493. The summed E-state index contributed by atoms with van der Waals surface area (Å²) in [6, 6.07) is 6.82. The number of aryl methyl sites for hydroxylation is 1. The molecule has 3 nitrogen and oxygen atoms in total. The Morgan fingerprint density at radius 1 is 1.41 bits per heavy atom. The second-order valence-corrected chi connectivity index (χ2v) is 4.15. The van der Waals surface area contributed by atoms with Crippen molar-refractivity contribution >= 4 is 0 Å². The molecule has 90 valence electrons. The molecule has 0 fully saturated rings. The van der Waals surface area contributed by atoms with Crippen LogP contribution in [0, 0.1) is 5.82 Å². The highest BCUT2D eigenvalue weighted by Gasteiger charge is 2.09. The molecule has 0 aliphatic carbocycles. The summed E-state index contributed by atoms with van der Waals surface area (Å²) in [5.41, 5.74) is 1.78. The van der Waals surface area contributed by atoms with Gasteiger partial charge in [0.15, 0.2) is 0 Å². The molecule has 2 aromatic rings. The van der Waals surface area contributed by atoms with E-state index in [1.165, 1.54) is 6.07 Å². The van der Waals surface area contributed by atoms with Crippen LogP contribution < -0.4 is 5.32 Å². The molecule has 0 saturated heterocycles. The van der Waals surface area contributed by atoms with Crippen LogP contribution in [-0.4, -0.2) is 9.78 Å². The maximum atomic E-state index is 13.5. The first-order valence-corrected chi connectivity index (χ1v) is 5.62. The van der Waals surface area contributed by atoms with Crippen molar-refractivity contribution in [2.45, 2.75) is 19.5 Å². The van der Waals surface area contributed by atoms with Gasteiger partial charge in [0.25, 0.3) is 0 Å². The number of nitrogens with zero attached hydrogens (tertiary/aromatic N) is 2. The van der Waals surface area contributed by atoms with Gasteiger partial charge in [-0.1, -0.05) is 18.2 Å². The third-order valence-electron chi connectivity index (χ3n) is 2.74. The van der Waals surface area contributed by atoms with Crippen LogP contribution in [0.1, 0.15) is 24.1 Å². The Morgan fingerprint density at radius 2 is 2.18 bits per heavy atom. The lowest BCUT2D eigenvalue weighted by atomic mass is 10.1. The summed E-state index contributed by atoms with van der Waals surface area (Å²) in [4.78, 5) is 0. The molecule has 0 aliphatic heterocycles. The molecule has 1 aromatic carbocycles. The van der Waals surface area contributed by atoms with Crippen LogP contribution in [0.25, 0.3) is 0 Å². The fourth-order valence-corrected chi connectivity index (χ4v) is 1.77. The van der Waals surface area contributed by atoms with Crippen LogP contribution in [0.5, 0.6) is 0 Å². The van der Waals surface area contributed by atoms with Crippen molar-refractivity contribution in [2.24, 2.45) is 7.05 Å². The summed E-state index contributed by atoms with van der Waals surface area (Å²) in [5.74, 6) is -0.168. The third-order valence-corrected chi connectivity index (χ3v) is 2.74. The average molecular weight is 233 g/mol. The highest BCUT2D eigenvalue weighted by Crippen LogP contribution is 2.16. The Hall–Kier alpha value is -1.68. The molecule has 1 aromatic heterocycles. The normalized spacial score (nSPS) is 12.6. The lowest BCUT2D eigenvalue weighted by molar-refractivity contribution is 0.528. The Kier molecular flexibility index (Phi) is 3.54. The lowest BCUT2D eigenvalue weighted by Gasteiger charge is -2.14. The molecule has 0 amide bonds. The molecule has 1 unspecified atom stereocenters. The predicted molar refractivity (Wildman–Crippen MR) is 64.9 cm³/mol. The number of aromatic nitrogens is 2. The summed E-state index contributed by atoms with van der Waals surface area (Å²) >= 11 is 0. The van der Waals surface area contributed by atoms with Gasteiger partial charge in [-0.15, -0.1) is 0 Å². The van der Waals surface area contributed by atoms with Crippen molar-refractivity contribution in [3.63, 3.8) is 0 Å². The van der Waals surface area contributed by atoms with Crippen LogP contribution in [0.4, 0.5) is 4.39 Å². The quantitative estimate of drug-likeness (QED) is 0.878. The van der Waals surface area contributed by atoms with E-state index in [2.05, 4.69) is 10.4 Å². The fraction of sp³-hybridized carbons (Fsp3) is 0.308. The number of hydrogen-bond acceptors (Lipinski definition) is 2. The highest BCUT2D eigenvalue weighted by molar-refractivity contribution is 5.20. The maximum absolute atomic E-state index is 13.5. The van der Waals surface area contributed by atoms with Crippen LogP contribution in [0.3, 0.4) is 0 Å². The molecule has 0 saturated carbocycles. The molecular weight excluding hydrogens is 217 g/mol. The van der Waals surface area contributed by atoms with E-state index in [1.807, 2.05) is 26.2 Å². The summed E-state index contributed by atoms with van der Waals surface area (Å²) in [5, 5.41) is 7.36. The second-order valence-electron chi connectivity index (χ2n) is 4.15. The van der Waals surface area contributed by atoms with Gasteiger partial charge >= 0.3 is 0 Å². The van der Waals surface area contributed by atoms with Gasteiger partial charge in [0.1, 0.15) is 5.82 Å². The summed E-state index contributed by atoms with van der Waals surface area (Å²) in [7, 11) is 1.88. The molecule has 0 radical (unpaired) electrons. The summed E-state index contributed by atoms with van der Waals surface area (Å²) in [6.07, 6.45) is 3.75. The van der Waals surface area contributed by atoms with Gasteiger partial charge in [0.05, 0.1) is 6.20 Å². The number of halogens is 1. The first-order chi connectivity index (χ1) is 8.16. The lowest BCUT2D eigenvalue weighted by Crippen LogP contribution is -2.18. The minimum atomic E-state index is -0.168. The highest BCUT2D eigenvalue weighted by atomic mass is 19.1. The van der Waals surface area contributed by atoms with Crippen molar-refractivity contribution in [3.8, 4) is 0 Å². The first kappa shape index (κ1) is 11.8. The van der Waals surface area contributed by atoms with Gasteiger partial charge in [0.2, 0.25) is 0 Å². The number of nitrogens with one attached hydrogen (secondary N) is 1. The SMILES string of the molecule is CC(NCc1cnn(C)c1)c1ccccc1F. The maximum Gasteiger partial charge on any atom is 0.127 e. The monoisotopic (exact) mass is 233 g/mol. The molecule has 1 N–H and O–H groups in total. The molecule has 1 heterocycles. The third kappa shape index (κ3) is 2.91. The van der Waals surface area contributed by atoms with Crippen molar-refractivity contribution in [3.05, 3.63) is 53.6 Å². The average Bonchev–Trinajstić information content (AvgIpc) is 2.73. The number of rotatable bonds is 4. The smallest absolute Gasteiger partial charge is 0.127 e. The molecule has 17 heavy (non-hydrogen) atoms. The molecule has 1 atom stereocenters. The van der Waals surface area contributed by atoms with E-state index in [0.29, 0.717) is 12.1 Å². The Balaban J connectivity index is 1.98. The molecule has 0 aliphatic rings. The molecule has 4 heteroatoms. The van der Waals surface area contributed by atoms with E-state index >= 15 is 0 Å². The second kappa shape index (κ2) is 5.10. The van der Waals surface area contributed by atoms with Crippen molar-refractivity contribution in [1.82, 2.24) is 15.1 Å². The van der Waals surface area contributed by atoms with E-state index in [1.54, 1.807) is 23.0 Å². The Morgan fingerprint density at radius 3 is 2.82 bits per heavy atom. The summed E-state index contributed by atoms with van der Waals surface area (Å²) < 4.78 is 15.3. The summed E-state index contributed by atoms with van der Waals surface area (Å²) in [6.45, 7) is 2.64. The van der Waals surface area contributed by atoms with Crippen LogP contribution in [0.2, 0.25) is 0 Å². The van der Waals surface area contributed by atoms with Crippen molar-refractivity contribution in [1.29, 1.82) is 0 Å². The zero-order valence-corrected chi connectivity index (χ0v) is 10.0. The largest absolute Gasteiger partial charge is 0.306 e. The van der Waals surface area contributed by atoms with Gasteiger partial charge in [-0.05, 0) is 13.0 Å². The molecule has 0 bridgehead atoms. The van der Waals surface area contributed by atoms with Gasteiger partial charge in [-0.3, -0.25) is 4.68 Å². The van der Waals surface area contributed by atoms with E-state index < -0.39 is 0 Å². The van der Waals surface area contributed by atoms with Crippen molar-refractivity contribution < 1.29 is 4.39 Å². The van der Waals surface area contributed by atoms with Gasteiger partial charge in [-0.25, -0.2) is 4.39 Å². The molecule has 2 rings (SSSR count). The van der Waals surface area contributed by atoms with E-state index in [4.69, 9.17) is 0 Å². The van der Waals surface area contributed by atoms with Crippen LogP contribution in [0.15, 0.2) is 36.7 Å². The van der Waals surface area contributed by atoms with E-state index in [0.717, 1.165) is 5.56 Å². The van der Waals surface area contributed by atoms with Gasteiger partial charge in [0, 0.05) is 37.0 Å². The zero-order valence-electron chi connectivity index (χ0n) is 10.0. The van der Waals surface area contributed by atoms with Crippen molar-refractivity contribution in [2.75, 3.05) is 0 Å². The predicted octanol–water partition coefficient (Wildman–Crippen LogP) is 2.41. The topological polar surface area (TPSA) is 29.9 Å². The number of hydrogen-bond donors (Lipinski definition) is 1. The molecule has 0 spiro atoms. The number of benzene rings is 1. The Labute approximate surface area is 100 Å². The zero-order chi connectivity index (χ0) is 12.3. The molecular formula is C13H16FN3. The van der Waals surface area contributed by atoms with E-state index in [9.17, 15) is 4.39 Å². The van der Waals surface area contributed by atoms with Gasteiger partial charge in [-0.2, -0.15) is 5.10 Å². The van der Waals surface area contributed by atoms with Gasteiger partial charge < -0.3 is 5.32 Å². The minimum Gasteiger partial charge on any atom is -0.306 e. The van der Waals surface area contributed by atoms with Crippen LogP contribution >= 0.6 is 0 Å². The first-order valence-electron chi connectivity index (χ1n) is 5.62. The van der Waals surface area contributed by atoms with E-state index in [-0.39, 0.29) is 11.9 Å². The standard InChI is InChI=1S/C13H16FN3/c1-10(12-5-3-4-6-13(12)14)15-7-11-8-16-17(2)9-11/h3-6,8-10,15H,7H2,1-2H3. The minimum absolute atomic E-state index is 0.0172.